The molecular weight excluding hydrogens is 659 g/mol. The summed E-state index contributed by atoms with van der Waals surface area (Å²) < 4.78 is 0. The summed E-state index contributed by atoms with van der Waals surface area (Å²) in [5.74, 6) is 0.643. The van der Waals surface area contributed by atoms with Crippen LogP contribution in [0.25, 0.3) is 88.9 Å². The Kier molecular flexibility index (Phi) is 6.29. The van der Waals surface area contributed by atoms with Gasteiger partial charge in [-0.15, -0.1) is 0 Å². The van der Waals surface area contributed by atoms with Gasteiger partial charge in [0.25, 0.3) is 0 Å². The van der Waals surface area contributed by atoms with E-state index in [1.165, 1.54) is 49.5 Å². The molecule has 0 aliphatic heterocycles. The quantitative estimate of drug-likeness (QED) is 0.172. The van der Waals surface area contributed by atoms with Crippen molar-refractivity contribution < 1.29 is 0 Å². The normalized spacial score (nSPS) is 14.6. The lowest BCUT2D eigenvalue weighted by Crippen LogP contribution is -2.17. The minimum atomic E-state index is -0.288. The van der Waals surface area contributed by atoms with Crippen LogP contribution in [0, 0.1) is 0 Å². The molecular formula is C49H35N5. The molecule has 9 aromatic rings. The third-order valence-electron chi connectivity index (χ3n) is 12.0. The molecule has 5 nitrogen and oxygen atoms in total. The molecule has 0 radical (unpaired) electrons. The highest BCUT2D eigenvalue weighted by Gasteiger charge is 2.43. The second-order valence-corrected chi connectivity index (χ2v) is 15.8. The third kappa shape index (κ3) is 4.35. The van der Waals surface area contributed by atoms with Crippen molar-refractivity contribution >= 4 is 32.4 Å². The lowest BCUT2D eigenvalue weighted by Gasteiger charge is -2.24. The van der Waals surface area contributed by atoms with Crippen LogP contribution in [-0.2, 0) is 10.8 Å². The maximum Gasteiger partial charge on any atom is 0.161 e. The highest BCUT2D eigenvalue weighted by molar-refractivity contribution is 6.13. The zero-order chi connectivity index (χ0) is 36.3. The van der Waals surface area contributed by atoms with E-state index in [9.17, 15) is 0 Å². The van der Waals surface area contributed by atoms with Crippen LogP contribution >= 0.6 is 0 Å². The zero-order valence-corrected chi connectivity index (χ0v) is 30.5. The average molecular weight is 694 g/mol. The summed E-state index contributed by atoms with van der Waals surface area (Å²) in [5, 5.41) is 5.85. The number of nitrogens with zero attached hydrogens (tertiary/aromatic N) is 5. The van der Waals surface area contributed by atoms with E-state index >= 15 is 0 Å². The monoisotopic (exact) mass is 693 g/mol. The summed E-state index contributed by atoms with van der Waals surface area (Å²) in [7, 11) is 0. The number of fused-ring (bicyclic) bond motifs is 10. The maximum absolute atomic E-state index is 5.36. The van der Waals surface area contributed by atoms with Crippen LogP contribution in [0.5, 0.6) is 0 Å². The molecule has 4 heterocycles. The van der Waals surface area contributed by atoms with Gasteiger partial charge in [-0.05, 0) is 92.3 Å². The molecule has 0 atom stereocenters. The van der Waals surface area contributed by atoms with Gasteiger partial charge in [-0.2, -0.15) is 0 Å². The molecule has 256 valence electrons. The lowest BCUT2D eigenvalue weighted by molar-refractivity contribution is 0.651. The summed E-state index contributed by atoms with van der Waals surface area (Å²) >= 11 is 0. The maximum atomic E-state index is 5.36. The van der Waals surface area contributed by atoms with E-state index in [0.717, 1.165) is 55.8 Å². The van der Waals surface area contributed by atoms with Crippen molar-refractivity contribution in [3.63, 3.8) is 0 Å². The Labute approximate surface area is 313 Å². The van der Waals surface area contributed by atoms with E-state index in [0.29, 0.717) is 5.82 Å². The van der Waals surface area contributed by atoms with Crippen molar-refractivity contribution in [3.8, 4) is 56.4 Å². The summed E-state index contributed by atoms with van der Waals surface area (Å²) in [5.41, 5.74) is 14.7. The van der Waals surface area contributed by atoms with Crippen molar-refractivity contribution in [3.05, 3.63) is 162 Å². The van der Waals surface area contributed by atoms with Crippen molar-refractivity contribution in [2.45, 2.75) is 38.5 Å². The van der Waals surface area contributed by atoms with E-state index in [1.54, 1.807) is 0 Å². The molecule has 0 N–H and O–H groups in total. The standard InChI is InChI=1S/C49H35N5/c1-48(2)38-16-10-20-51-45(38)36-24-40-37(25-39(36)48)46-41(49(40,3)4)22-31(27-52-46)47-53-43(30-18-17-28-12-9-19-50-42(28)23-30)26-44(54-47)35-21-29-11-5-6-13-32(29)33-14-7-8-15-34(33)35/h5-27H,1-4H3. The van der Waals surface area contributed by atoms with Crippen LogP contribution in [0.2, 0.25) is 0 Å². The molecule has 5 aromatic carbocycles. The molecule has 54 heavy (non-hydrogen) atoms. The van der Waals surface area contributed by atoms with Crippen LogP contribution in [0.4, 0.5) is 0 Å². The SMILES string of the molecule is CC1(C)c2cc3c(cc2-c2ncccc21)C(C)(C)c1cc(-c2nc(-c4ccc5cccnc5c4)cc(-c4cc5ccccc5c5ccccc45)n2)cnc1-3. The van der Waals surface area contributed by atoms with Crippen LogP contribution in [0.3, 0.4) is 0 Å². The Morgan fingerprint density at radius 2 is 1.09 bits per heavy atom. The number of rotatable bonds is 3. The number of aromatic nitrogens is 5. The smallest absolute Gasteiger partial charge is 0.161 e. The van der Waals surface area contributed by atoms with E-state index in [1.807, 2.05) is 30.7 Å². The van der Waals surface area contributed by atoms with Crippen LogP contribution in [0.1, 0.15) is 49.9 Å². The second-order valence-electron chi connectivity index (χ2n) is 15.8. The minimum Gasteiger partial charge on any atom is -0.256 e. The first-order valence-electron chi connectivity index (χ1n) is 18.6. The Bertz CT molecular complexity index is 3070. The van der Waals surface area contributed by atoms with E-state index < -0.39 is 0 Å². The van der Waals surface area contributed by atoms with Crippen molar-refractivity contribution in [2.75, 3.05) is 0 Å². The number of hydrogen-bond acceptors (Lipinski definition) is 5. The van der Waals surface area contributed by atoms with Gasteiger partial charge < -0.3 is 0 Å². The van der Waals surface area contributed by atoms with Gasteiger partial charge in [-0.25, -0.2) is 9.97 Å². The fraction of sp³-hybridized carbons (Fsp3) is 0.122. The Morgan fingerprint density at radius 3 is 1.93 bits per heavy atom. The molecule has 2 aliphatic carbocycles. The summed E-state index contributed by atoms with van der Waals surface area (Å²) in [6.45, 7) is 9.22. The van der Waals surface area contributed by atoms with Crippen LogP contribution in [0.15, 0.2) is 140 Å². The largest absolute Gasteiger partial charge is 0.256 e. The minimum absolute atomic E-state index is 0.142. The van der Waals surface area contributed by atoms with Crippen LogP contribution in [-0.4, -0.2) is 24.9 Å². The van der Waals surface area contributed by atoms with Gasteiger partial charge in [-0.3, -0.25) is 15.0 Å². The average Bonchev–Trinajstić information content (AvgIpc) is 3.58. The second kappa shape index (κ2) is 11.0. The Morgan fingerprint density at radius 1 is 0.426 bits per heavy atom. The molecule has 0 unspecified atom stereocenters. The van der Waals surface area contributed by atoms with E-state index in [4.69, 9.17) is 19.9 Å². The molecule has 0 bridgehead atoms. The van der Waals surface area contributed by atoms with Gasteiger partial charge in [-0.1, -0.05) is 100 Å². The molecule has 0 spiro atoms. The number of hydrogen-bond donors (Lipinski definition) is 0. The van der Waals surface area contributed by atoms with Crippen LogP contribution < -0.4 is 0 Å². The zero-order valence-electron chi connectivity index (χ0n) is 30.5. The van der Waals surface area contributed by atoms with E-state index in [2.05, 4.69) is 142 Å². The van der Waals surface area contributed by atoms with Gasteiger partial charge in [0, 0.05) is 62.6 Å². The van der Waals surface area contributed by atoms with Gasteiger partial charge in [0.05, 0.1) is 28.3 Å². The fourth-order valence-electron chi connectivity index (χ4n) is 9.07. The fourth-order valence-corrected chi connectivity index (χ4v) is 9.07. The van der Waals surface area contributed by atoms with Crippen molar-refractivity contribution in [1.82, 2.24) is 24.9 Å². The predicted octanol–water partition coefficient (Wildman–Crippen LogP) is 11.7. The molecule has 5 heteroatoms. The summed E-state index contributed by atoms with van der Waals surface area (Å²) in [6, 6.07) is 43.3. The predicted molar refractivity (Wildman–Crippen MR) is 219 cm³/mol. The van der Waals surface area contributed by atoms with E-state index in [-0.39, 0.29) is 10.8 Å². The van der Waals surface area contributed by atoms with Gasteiger partial charge in [0.15, 0.2) is 5.82 Å². The first-order chi connectivity index (χ1) is 26.3. The number of benzene rings is 5. The third-order valence-corrected chi connectivity index (χ3v) is 12.0. The molecule has 0 amide bonds. The van der Waals surface area contributed by atoms with Crippen molar-refractivity contribution in [2.24, 2.45) is 0 Å². The Balaban J connectivity index is 1.11. The molecule has 0 fully saturated rings. The first kappa shape index (κ1) is 31.0. The Hall–Kier alpha value is -6.59. The lowest BCUT2D eigenvalue weighted by atomic mass is 9.79. The molecule has 0 saturated heterocycles. The highest BCUT2D eigenvalue weighted by atomic mass is 14.9. The molecule has 0 saturated carbocycles. The summed E-state index contributed by atoms with van der Waals surface area (Å²) in [4.78, 5) is 25.4. The van der Waals surface area contributed by atoms with Gasteiger partial charge in [0.2, 0.25) is 0 Å². The summed E-state index contributed by atoms with van der Waals surface area (Å²) in [6.07, 6.45) is 5.70. The topological polar surface area (TPSA) is 64.5 Å². The molecule has 4 aromatic heterocycles. The molecule has 2 aliphatic rings. The first-order valence-corrected chi connectivity index (χ1v) is 18.6. The van der Waals surface area contributed by atoms with Gasteiger partial charge >= 0.3 is 0 Å². The van der Waals surface area contributed by atoms with Gasteiger partial charge in [0.1, 0.15) is 0 Å². The molecule has 11 rings (SSSR count). The number of pyridine rings is 3. The highest BCUT2D eigenvalue weighted by Crippen LogP contribution is 2.55. The van der Waals surface area contributed by atoms with Crippen molar-refractivity contribution in [1.29, 1.82) is 0 Å².